The van der Waals surface area contributed by atoms with Crippen molar-refractivity contribution in [3.8, 4) is 17.2 Å². The average molecular weight is 369 g/mol. The number of ether oxygens (including phenoxy) is 3. The molecule has 144 valence electrons. The highest BCUT2D eigenvalue weighted by molar-refractivity contribution is 5.79. The Balaban J connectivity index is 1.60. The second kappa shape index (κ2) is 8.66. The first-order valence-corrected chi connectivity index (χ1v) is 9.06. The van der Waals surface area contributed by atoms with Crippen LogP contribution in [0, 0.1) is 0 Å². The van der Waals surface area contributed by atoms with E-state index in [4.69, 9.17) is 14.2 Å². The van der Waals surface area contributed by atoms with Crippen LogP contribution in [-0.4, -0.2) is 33.3 Å². The molecular formula is C21H27N3O3. The first-order chi connectivity index (χ1) is 13.1. The highest BCUT2D eigenvalue weighted by atomic mass is 16.5. The average Bonchev–Trinajstić information content (AvgIpc) is 3.06. The van der Waals surface area contributed by atoms with E-state index >= 15 is 0 Å². The molecule has 1 unspecified atom stereocenters. The maximum absolute atomic E-state index is 5.86. The quantitative estimate of drug-likeness (QED) is 0.606. The SMILES string of the molecule is CN=C(NCc1ccc(OC)cc1)NCc1cc2c(cc1OC)CC(C)O2. The molecule has 0 radical (unpaired) electrons. The third-order valence-corrected chi connectivity index (χ3v) is 4.59. The summed E-state index contributed by atoms with van der Waals surface area (Å²) < 4.78 is 16.6. The predicted octanol–water partition coefficient (Wildman–Crippen LogP) is 2.89. The van der Waals surface area contributed by atoms with Crippen molar-refractivity contribution >= 4 is 5.96 Å². The second-order valence-corrected chi connectivity index (χ2v) is 6.53. The van der Waals surface area contributed by atoms with Gasteiger partial charge in [-0.05, 0) is 36.8 Å². The number of fused-ring (bicyclic) bond motifs is 1. The van der Waals surface area contributed by atoms with Crippen LogP contribution in [0.3, 0.4) is 0 Å². The van der Waals surface area contributed by atoms with Gasteiger partial charge in [0, 0.05) is 37.7 Å². The first kappa shape index (κ1) is 18.9. The lowest BCUT2D eigenvalue weighted by atomic mass is 10.1. The molecule has 1 aliphatic heterocycles. The van der Waals surface area contributed by atoms with E-state index < -0.39 is 0 Å². The highest BCUT2D eigenvalue weighted by Crippen LogP contribution is 2.34. The van der Waals surface area contributed by atoms with Gasteiger partial charge in [0.2, 0.25) is 0 Å². The summed E-state index contributed by atoms with van der Waals surface area (Å²) in [6.07, 6.45) is 1.14. The van der Waals surface area contributed by atoms with Gasteiger partial charge in [-0.3, -0.25) is 4.99 Å². The largest absolute Gasteiger partial charge is 0.497 e. The lowest BCUT2D eigenvalue weighted by Crippen LogP contribution is -2.36. The zero-order valence-corrected chi connectivity index (χ0v) is 16.3. The zero-order valence-electron chi connectivity index (χ0n) is 16.3. The molecular weight excluding hydrogens is 342 g/mol. The van der Waals surface area contributed by atoms with Gasteiger partial charge in [0.05, 0.1) is 14.2 Å². The van der Waals surface area contributed by atoms with E-state index in [-0.39, 0.29) is 6.10 Å². The number of nitrogens with one attached hydrogen (secondary N) is 2. The third-order valence-electron chi connectivity index (χ3n) is 4.59. The lowest BCUT2D eigenvalue weighted by molar-refractivity contribution is 0.254. The Labute approximate surface area is 160 Å². The van der Waals surface area contributed by atoms with Crippen molar-refractivity contribution < 1.29 is 14.2 Å². The number of aliphatic imine (C=N–C) groups is 1. The van der Waals surface area contributed by atoms with E-state index in [2.05, 4.69) is 34.7 Å². The molecule has 2 aromatic rings. The monoisotopic (exact) mass is 369 g/mol. The van der Waals surface area contributed by atoms with E-state index in [1.54, 1.807) is 21.3 Å². The van der Waals surface area contributed by atoms with Gasteiger partial charge in [0.25, 0.3) is 0 Å². The number of methoxy groups -OCH3 is 2. The molecule has 0 fully saturated rings. The summed E-state index contributed by atoms with van der Waals surface area (Å²) in [5.74, 6) is 3.38. The van der Waals surface area contributed by atoms with Crippen LogP contribution in [0.25, 0.3) is 0 Å². The number of hydrogen-bond acceptors (Lipinski definition) is 4. The summed E-state index contributed by atoms with van der Waals surface area (Å²) in [6, 6.07) is 12.1. The van der Waals surface area contributed by atoms with Gasteiger partial charge in [-0.15, -0.1) is 0 Å². The van der Waals surface area contributed by atoms with Crippen LogP contribution in [-0.2, 0) is 19.5 Å². The number of rotatable bonds is 6. The van der Waals surface area contributed by atoms with Crippen LogP contribution in [0.1, 0.15) is 23.6 Å². The van der Waals surface area contributed by atoms with Gasteiger partial charge in [0.1, 0.15) is 23.4 Å². The van der Waals surface area contributed by atoms with E-state index in [0.29, 0.717) is 13.1 Å². The lowest BCUT2D eigenvalue weighted by Gasteiger charge is -2.15. The zero-order chi connectivity index (χ0) is 19.2. The molecule has 1 heterocycles. The fraction of sp³-hybridized carbons (Fsp3) is 0.381. The van der Waals surface area contributed by atoms with Crippen molar-refractivity contribution in [3.63, 3.8) is 0 Å². The molecule has 6 heteroatoms. The number of nitrogens with zero attached hydrogens (tertiary/aromatic N) is 1. The van der Waals surface area contributed by atoms with Crippen LogP contribution < -0.4 is 24.8 Å². The van der Waals surface area contributed by atoms with E-state index in [0.717, 1.165) is 40.8 Å². The van der Waals surface area contributed by atoms with E-state index in [9.17, 15) is 0 Å². The maximum atomic E-state index is 5.86. The van der Waals surface area contributed by atoms with Gasteiger partial charge >= 0.3 is 0 Å². The molecule has 0 spiro atoms. The second-order valence-electron chi connectivity index (χ2n) is 6.53. The molecule has 27 heavy (non-hydrogen) atoms. The number of hydrogen-bond donors (Lipinski definition) is 2. The van der Waals surface area contributed by atoms with Crippen molar-refractivity contribution in [1.82, 2.24) is 10.6 Å². The van der Waals surface area contributed by atoms with Crippen LogP contribution in [0.4, 0.5) is 0 Å². The summed E-state index contributed by atoms with van der Waals surface area (Å²) >= 11 is 0. The summed E-state index contributed by atoms with van der Waals surface area (Å²) in [4.78, 5) is 4.29. The van der Waals surface area contributed by atoms with Crippen molar-refractivity contribution in [2.75, 3.05) is 21.3 Å². The Kier molecular flexibility index (Phi) is 6.06. The minimum absolute atomic E-state index is 0.215. The first-order valence-electron chi connectivity index (χ1n) is 9.06. The Morgan fingerprint density at radius 2 is 1.85 bits per heavy atom. The molecule has 0 aliphatic carbocycles. The smallest absolute Gasteiger partial charge is 0.191 e. The Hall–Kier alpha value is -2.89. The predicted molar refractivity (Wildman–Crippen MR) is 107 cm³/mol. The van der Waals surface area contributed by atoms with Gasteiger partial charge < -0.3 is 24.8 Å². The molecule has 1 aliphatic rings. The minimum atomic E-state index is 0.215. The number of benzene rings is 2. The Morgan fingerprint density at radius 1 is 1.11 bits per heavy atom. The Morgan fingerprint density at radius 3 is 2.52 bits per heavy atom. The molecule has 6 nitrogen and oxygen atoms in total. The third kappa shape index (κ3) is 4.64. The molecule has 2 aromatic carbocycles. The van der Waals surface area contributed by atoms with Crippen molar-refractivity contribution in [3.05, 3.63) is 53.1 Å². The maximum Gasteiger partial charge on any atom is 0.191 e. The van der Waals surface area contributed by atoms with Gasteiger partial charge in [-0.2, -0.15) is 0 Å². The molecule has 3 rings (SSSR count). The van der Waals surface area contributed by atoms with Crippen LogP contribution in [0.15, 0.2) is 41.4 Å². The van der Waals surface area contributed by atoms with Crippen molar-refractivity contribution in [1.29, 1.82) is 0 Å². The standard InChI is InChI=1S/C21H27N3O3/c1-14-9-16-10-19(26-4)17(11-20(16)27-14)13-24-21(22-2)23-12-15-5-7-18(25-3)8-6-15/h5-8,10-11,14H,9,12-13H2,1-4H3,(H2,22,23,24). The van der Waals surface area contributed by atoms with Gasteiger partial charge in [-0.1, -0.05) is 12.1 Å². The molecule has 0 bridgehead atoms. The van der Waals surface area contributed by atoms with Crippen molar-refractivity contribution in [2.45, 2.75) is 32.5 Å². The van der Waals surface area contributed by atoms with E-state index in [1.165, 1.54) is 5.56 Å². The van der Waals surface area contributed by atoms with Crippen molar-refractivity contribution in [2.24, 2.45) is 4.99 Å². The van der Waals surface area contributed by atoms with Gasteiger partial charge in [0.15, 0.2) is 5.96 Å². The van der Waals surface area contributed by atoms with Crippen LogP contribution >= 0.6 is 0 Å². The molecule has 0 saturated heterocycles. The summed E-state index contributed by atoms with van der Waals surface area (Å²) in [5.41, 5.74) is 3.39. The topological polar surface area (TPSA) is 64.1 Å². The highest BCUT2D eigenvalue weighted by Gasteiger charge is 2.21. The fourth-order valence-corrected chi connectivity index (χ4v) is 3.14. The number of guanidine groups is 1. The molecule has 0 aromatic heterocycles. The van der Waals surface area contributed by atoms with Gasteiger partial charge in [-0.25, -0.2) is 0 Å². The summed E-state index contributed by atoms with van der Waals surface area (Å²) in [6.45, 7) is 3.34. The fourth-order valence-electron chi connectivity index (χ4n) is 3.14. The molecule has 0 saturated carbocycles. The molecule has 1 atom stereocenters. The normalized spacial score (nSPS) is 15.7. The summed E-state index contributed by atoms with van der Waals surface area (Å²) in [7, 11) is 5.12. The summed E-state index contributed by atoms with van der Waals surface area (Å²) in [5, 5.41) is 6.65. The minimum Gasteiger partial charge on any atom is -0.497 e. The van der Waals surface area contributed by atoms with Crippen LogP contribution in [0.2, 0.25) is 0 Å². The van der Waals surface area contributed by atoms with E-state index in [1.807, 2.05) is 24.3 Å². The Bertz CT molecular complexity index is 803. The molecule has 2 N–H and O–H groups in total. The van der Waals surface area contributed by atoms with Crippen LogP contribution in [0.5, 0.6) is 17.2 Å². The molecule has 0 amide bonds.